The summed E-state index contributed by atoms with van der Waals surface area (Å²) in [4.78, 5) is 13.9. The molecule has 1 fully saturated rings. The minimum absolute atomic E-state index is 0.200. The lowest BCUT2D eigenvalue weighted by Crippen LogP contribution is -2.33. The highest BCUT2D eigenvalue weighted by molar-refractivity contribution is 5.91. The molecule has 22 heavy (non-hydrogen) atoms. The Morgan fingerprint density at radius 3 is 3.05 bits per heavy atom. The molecule has 3 heterocycles. The zero-order valence-electron chi connectivity index (χ0n) is 13.0. The maximum Gasteiger partial charge on any atom is 0.286 e. The van der Waals surface area contributed by atoms with E-state index in [4.69, 9.17) is 8.94 Å². The maximum atomic E-state index is 11.6. The van der Waals surface area contributed by atoms with E-state index in [0.717, 1.165) is 36.6 Å². The fourth-order valence-electron chi connectivity index (χ4n) is 2.97. The number of carbonyl (C=O) groups excluding carboxylic acids is 1. The van der Waals surface area contributed by atoms with Crippen molar-refractivity contribution < 1.29 is 13.7 Å². The van der Waals surface area contributed by atoms with Crippen molar-refractivity contribution in [2.45, 2.75) is 38.8 Å². The second-order valence-corrected chi connectivity index (χ2v) is 5.69. The first kappa shape index (κ1) is 14.8. The summed E-state index contributed by atoms with van der Waals surface area (Å²) in [5.74, 6) is 1.78. The molecule has 118 valence electrons. The molecule has 0 aliphatic carbocycles. The van der Waals surface area contributed by atoms with E-state index in [1.54, 1.807) is 13.1 Å². The van der Waals surface area contributed by atoms with Gasteiger partial charge in [0, 0.05) is 13.1 Å². The van der Waals surface area contributed by atoms with Gasteiger partial charge in [0.25, 0.3) is 5.91 Å². The first-order valence-electron chi connectivity index (χ1n) is 7.65. The second kappa shape index (κ2) is 6.36. The number of aryl methyl sites for hydroxylation is 1. The van der Waals surface area contributed by atoms with Crippen LogP contribution in [0.15, 0.2) is 27.1 Å². The third-order valence-corrected chi connectivity index (χ3v) is 4.07. The van der Waals surface area contributed by atoms with Gasteiger partial charge in [-0.15, -0.1) is 0 Å². The van der Waals surface area contributed by atoms with Crippen LogP contribution in [-0.2, 0) is 6.54 Å². The summed E-state index contributed by atoms with van der Waals surface area (Å²) in [6, 6.07) is 5.83. The number of aromatic nitrogens is 1. The number of furan rings is 1. The Morgan fingerprint density at radius 1 is 1.45 bits per heavy atom. The molecule has 0 saturated carbocycles. The largest absolute Gasteiger partial charge is 0.455 e. The standard InChI is InChI=1S/C16H21N3O3/c1-11-9-13(18-22-11)14-5-3-4-8-19(14)10-12-6-7-15(21-12)16(20)17-2/h6-7,9,14H,3-5,8,10H2,1-2H3,(H,17,20). The number of hydrogen-bond donors (Lipinski definition) is 1. The van der Waals surface area contributed by atoms with E-state index >= 15 is 0 Å². The van der Waals surface area contributed by atoms with E-state index in [-0.39, 0.29) is 11.9 Å². The van der Waals surface area contributed by atoms with Gasteiger partial charge in [0.05, 0.1) is 12.6 Å². The van der Waals surface area contributed by atoms with E-state index in [9.17, 15) is 4.79 Å². The van der Waals surface area contributed by atoms with Gasteiger partial charge in [-0.2, -0.15) is 0 Å². The number of hydrogen-bond acceptors (Lipinski definition) is 5. The molecule has 1 N–H and O–H groups in total. The Balaban J connectivity index is 1.74. The fraction of sp³-hybridized carbons (Fsp3) is 0.500. The smallest absolute Gasteiger partial charge is 0.286 e. The van der Waals surface area contributed by atoms with E-state index in [1.165, 1.54) is 6.42 Å². The van der Waals surface area contributed by atoms with Crippen LogP contribution in [0, 0.1) is 6.92 Å². The summed E-state index contributed by atoms with van der Waals surface area (Å²) >= 11 is 0. The Kier molecular flexibility index (Phi) is 4.29. The highest BCUT2D eigenvalue weighted by Crippen LogP contribution is 2.32. The number of carbonyl (C=O) groups is 1. The van der Waals surface area contributed by atoms with Crippen molar-refractivity contribution in [3.63, 3.8) is 0 Å². The normalized spacial score (nSPS) is 19.3. The monoisotopic (exact) mass is 303 g/mol. The van der Waals surface area contributed by atoms with Crippen molar-refractivity contribution in [2.24, 2.45) is 0 Å². The van der Waals surface area contributed by atoms with Gasteiger partial charge in [0.1, 0.15) is 17.2 Å². The van der Waals surface area contributed by atoms with E-state index in [2.05, 4.69) is 15.4 Å². The molecule has 2 aromatic heterocycles. The summed E-state index contributed by atoms with van der Waals surface area (Å²) < 4.78 is 10.8. The van der Waals surface area contributed by atoms with Crippen LogP contribution in [0.3, 0.4) is 0 Å². The van der Waals surface area contributed by atoms with Gasteiger partial charge in [0.15, 0.2) is 5.76 Å². The van der Waals surface area contributed by atoms with Crippen LogP contribution < -0.4 is 5.32 Å². The Bertz CT molecular complexity index is 647. The van der Waals surface area contributed by atoms with Crippen molar-refractivity contribution in [3.05, 3.63) is 41.2 Å². The fourth-order valence-corrected chi connectivity index (χ4v) is 2.97. The van der Waals surface area contributed by atoms with E-state index in [1.807, 2.05) is 19.1 Å². The predicted octanol–water partition coefficient (Wildman–Crippen LogP) is 2.66. The molecule has 1 aliphatic rings. The third-order valence-electron chi connectivity index (χ3n) is 4.07. The van der Waals surface area contributed by atoms with Crippen LogP contribution in [0.1, 0.15) is 53.1 Å². The van der Waals surface area contributed by atoms with Gasteiger partial charge < -0.3 is 14.3 Å². The van der Waals surface area contributed by atoms with Crippen LogP contribution in [0.25, 0.3) is 0 Å². The summed E-state index contributed by atoms with van der Waals surface area (Å²) in [6.07, 6.45) is 3.42. The number of nitrogens with one attached hydrogen (secondary N) is 1. The van der Waals surface area contributed by atoms with Gasteiger partial charge in [0.2, 0.25) is 0 Å². The van der Waals surface area contributed by atoms with Gasteiger partial charge in [-0.3, -0.25) is 9.69 Å². The van der Waals surface area contributed by atoms with Gasteiger partial charge in [-0.05, 0) is 38.4 Å². The molecule has 0 spiro atoms. The molecule has 2 aromatic rings. The molecule has 6 nitrogen and oxygen atoms in total. The van der Waals surface area contributed by atoms with Crippen molar-refractivity contribution in [1.29, 1.82) is 0 Å². The van der Waals surface area contributed by atoms with Gasteiger partial charge in [-0.1, -0.05) is 11.6 Å². The van der Waals surface area contributed by atoms with Crippen LogP contribution in [0.4, 0.5) is 0 Å². The zero-order chi connectivity index (χ0) is 15.5. The topological polar surface area (TPSA) is 71.5 Å². The first-order valence-corrected chi connectivity index (χ1v) is 7.65. The Labute approximate surface area is 129 Å². The summed E-state index contributed by atoms with van der Waals surface area (Å²) in [6.45, 7) is 3.58. The number of nitrogens with zero attached hydrogens (tertiary/aromatic N) is 2. The third kappa shape index (κ3) is 3.06. The van der Waals surface area contributed by atoms with Crippen molar-refractivity contribution >= 4 is 5.91 Å². The van der Waals surface area contributed by atoms with E-state index in [0.29, 0.717) is 12.3 Å². The molecule has 3 rings (SSSR count). The van der Waals surface area contributed by atoms with Crippen molar-refractivity contribution in [2.75, 3.05) is 13.6 Å². The molecule has 1 unspecified atom stereocenters. The van der Waals surface area contributed by atoms with Crippen molar-refractivity contribution in [3.8, 4) is 0 Å². The lowest BCUT2D eigenvalue weighted by Gasteiger charge is -2.33. The summed E-state index contributed by atoms with van der Waals surface area (Å²) in [5.41, 5.74) is 0.982. The average molecular weight is 303 g/mol. The maximum absolute atomic E-state index is 11.6. The lowest BCUT2D eigenvalue weighted by atomic mass is 9.99. The molecule has 0 radical (unpaired) electrons. The zero-order valence-corrected chi connectivity index (χ0v) is 13.0. The highest BCUT2D eigenvalue weighted by Gasteiger charge is 2.27. The van der Waals surface area contributed by atoms with Crippen LogP contribution in [0.5, 0.6) is 0 Å². The van der Waals surface area contributed by atoms with Gasteiger partial charge in [-0.25, -0.2) is 0 Å². The van der Waals surface area contributed by atoms with Crippen LogP contribution in [-0.4, -0.2) is 29.6 Å². The summed E-state index contributed by atoms with van der Waals surface area (Å²) in [7, 11) is 1.60. The molecule has 0 bridgehead atoms. The number of piperidine rings is 1. The molecular weight excluding hydrogens is 282 g/mol. The minimum Gasteiger partial charge on any atom is -0.455 e. The number of likely N-dealkylation sites (tertiary alicyclic amines) is 1. The van der Waals surface area contributed by atoms with E-state index < -0.39 is 0 Å². The van der Waals surface area contributed by atoms with Crippen molar-refractivity contribution in [1.82, 2.24) is 15.4 Å². The second-order valence-electron chi connectivity index (χ2n) is 5.69. The van der Waals surface area contributed by atoms with Gasteiger partial charge >= 0.3 is 0 Å². The molecule has 1 atom stereocenters. The SMILES string of the molecule is CNC(=O)c1ccc(CN2CCCCC2c2cc(C)on2)o1. The first-order chi connectivity index (χ1) is 10.7. The average Bonchev–Trinajstić information content (AvgIpc) is 3.16. The van der Waals surface area contributed by atoms with Crippen LogP contribution >= 0.6 is 0 Å². The Morgan fingerprint density at radius 2 is 2.32 bits per heavy atom. The lowest BCUT2D eigenvalue weighted by molar-refractivity contribution is 0.0924. The molecule has 6 heteroatoms. The molecule has 1 aliphatic heterocycles. The molecule has 1 saturated heterocycles. The predicted molar refractivity (Wildman–Crippen MR) is 80.3 cm³/mol. The van der Waals surface area contributed by atoms with Crippen LogP contribution in [0.2, 0.25) is 0 Å². The number of amides is 1. The highest BCUT2D eigenvalue weighted by atomic mass is 16.5. The molecular formula is C16H21N3O3. The summed E-state index contributed by atoms with van der Waals surface area (Å²) in [5, 5.41) is 6.73. The Hall–Kier alpha value is -2.08. The molecule has 0 aromatic carbocycles. The quantitative estimate of drug-likeness (QED) is 0.940. The molecule has 1 amide bonds. The number of rotatable bonds is 4. The minimum atomic E-state index is -0.200.